The molecule has 9 N–H and O–H groups in total. The van der Waals surface area contributed by atoms with Gasteiger partial charge in [-0.3, -0.25) is 14.8 Å². The molecule has 2 aromatic heterocycles. The van der Waals surface area contributed by atoms with E-state index in [9.17, 15) is 14.7 Å². The highest BCUT2D eigenvalue weighted by Crippen LogP contribution is 2.31. The molecule has 0 saturated carbocycles. The smallest absolute Gasteiger partial charge is 0.354 e. The summed E-state index contributed by atoms with van der Waals surface area (Å²) < 4.78 is 16.5. The third-order valence-electron chi connectivity index (χ3n) is 7.35. The van der Waals surface area contributed by atoms with Crippen molar-refractivity contribution < 1.29 is 14.3 Å². The molecule has 0 aliphatic heterocycles. The van der Waals surface area contributed by atoms with Crippen LogP contribution >= 0.6 is 11.6 Å². The largest absolute Gasteiger partial charge is 0.481 e. The number of aromatic nitrogens is 3. The van der Waals surface area contributed by atoms with Crippen molar-refractivity contribution in [2.75, 3.05) is 6.54 Å². The Morgan fingerprint density at radius 2 is 1.98 bits per heavy atom. The van der Waals surface area contributed by atoms with E-state index in [4.69, 9.17) is 28.5 Å². The average Bonchev–Trinajstić information content (AvgIpc) is 3.35. The van der Waals surface area contributed by atoms with Crippen LogP contribution in [0.3, 0.4) is 0 Å². The minimum atomic E-state index is -1.00. The van der Waals surface area contributed by atoms with E-state index in [1.807, 2.05) is 13.8 Å². The predicted molar refractivity (Wildman–Crippen MR) is 171 cm³/mol. The van der Waals surface area contributed by atoms with Crippen LogP contribution in [-0.4, -0.2) is 50.2 Å². The van der Waals surface area contributed by atoms with Crippen molar-refractivity contribution in [2.45, 2.75) is 64.6 Å². The molecule has 0 saturated heterocycles. The number of carboxylic acids is 1. The number of guanidine groups is 1. The van der Waals surface area contributed by atoms with Gasteiger partial charge in [-0.15, -0.1) is 0 Å². The number of carbonyl (C=O) groups is 1. The minimum absolute atomic E-state index is 0.00662. The Balaban J connectivity index is 1.62. The van der Waals surface area contributed by atoms with E-state index in [1.54, 1.807) is 42.6 Å². The van der Waals surface area contributed by atoms with Crippen LogP contribution in [0.1, 0.15) is 49.8 Å². The first kappa shape index (κ1) is 32.6. The van der Waals surface area contributed by atoms with Gasteiger partial charge in [0.05, 0.1) is 22.8 Å². The van der Waals surface area contributed by atoms with Crippen LogP contribution < -0.4 is 27.8 Å². The molecule has 2 heterocycles. The summed E-state index contributed by atoms with van der Waals surface area (Å²) in [6, 6.07) is 10.4. The van der Waals surface area contributed by atoms with E-state index in [2.05, 4.69) is 20.6 Å². The number of nitrogens with one attached hydrogen (secondary N) is 4. The molecule has 234 valence electrons. The second kappa shape index (κ2) is 14.5. The molecule has 4 rings (SSSR count). The Morgan fingerprint density at radius 3 is 2.68 bits per heavy atom. The highest BCUT2D eigenvalue weighted by atomic mass is 35.5. The molecule has 44 heavy (non-hydrogen) atoms. The van der Waals surface area contributed by atoms with Crippen molar-refractivity contribution in [3.63, 3.8) is 0 Å². The lowest BCUT2D eigenvalue weighted by molar-refractivity contribution is -0.136. The number of aryl methyl sites for hydroxylation is 1. The Morgan fingerprint density at radius 1 is 1.20 bits per heavy atom. The van der Waals surface area contributed by atoms with E-state index in [0.717, 1.165) is 24.0 Å². The SMILES string of the molecule is C[C@H](N)CCCc1cc(Cl)c(F)c(-c2cc3cn(-c4ccc(CN[C@@H](C)CCNC(=N)N)c(CC(=O)O)c4)c(=O)nc3[nH]2)c1. The Labute approximate surface area is 259 Å². The third kappa shape index (κ3) is 8.43. The van der Waals surface area contributed by atoms with Crippen molar-refractivity contribution in [3.05, 3.63) is 80.6 Å². The van der Waals surface area contributed by atoms with Gasteiger partial charge in [-0.1, -0.05) is 17.7 Å². The van der Waals surface area contributed by atoms with Crippen LogP contribution in [0.4, 0.5) is 4.39 Å². The van der Waals surface area contributed by atoms with Gasteiger partial charge in [0.25, 0.3) is 0 Å². The fourth-order valence-electron chi connectivity index (χ4n) is 5.01. The quantitative estimate of drug-likeness (QED) is 0.0814. The number of aromatic amines is 1. The summed E-state index contributed by atoms with van der Waals surface area (Å²) in [5.41, 5.74) is 14.3. The fourth-order valence-corrected chi connectivity index (χ4v) is 5.25. The van der Waals surface area contributed by atoms with Crippen LogP contribution in [0.25, 0.3) is 28.0 Å². The molecular formula is C31H38ClFN8O3. The number of nitrogens with two attached hydrogens (primary N) is 2. The molecule has 2 atom stereocenters. The van der Waals surface area contributed by atoms with Crippen molar-refractivity contribution >= 4 is 34.6 Å². The summed E-state index contributed by atoms with van der Waals surface area (Å²) in [4.78, 5) is 32.0. The molecule has 2 aromatic carbocycles. The van der Waals surface area contributed by atoms with Crippen LogP contribution in [-0.2, 0) is 24.2 Å². The zero-order chi connectivity index (χ0) is 32.0. The average molecular weight is 625 g/mol. The van der Waals surface area contributed by atoms with Crippen LogP contribution in [0, 0.1) is 11.2 Å². The lowest BCUT2D eigenvalue weighted by atomic mass is 10.0. The van der Waals surface area contributed by atoms with Crippen molar-refractivity contribution in [2.24, 2.45) is 11.5 Å². The molecule has 0 spiro atoms. The number of hydrogen-bond donors (Lipinski definition) is 7. The molecule has 0 aliphatic rings. The van der Waals surface area contributed by atoms with Crippen molar-refractivity contribution in [1.29, 1.82) is 5.41 Å². The van der Waals surface area contributed by atoms with E-state index in [1.165, 1.54) is 4.57 Å². The lowest BCUT2D eigenvalue weighted by Gasteiger charge is -2.17. The second-order valence-electron chi connectivity index (χ2n) is 11.1. The number of carboxylic acid groups (broad SMARTS) is 1. The maximum atomic E-state index is 15.1. The number of rotatable bonds is 14. The minimum Gasteiger partial charge on any atom is -0.481 e. The maximum absolute atomic E-state index is 15.1. The lowest BCUT2D eigenvalue weighted by Crippen LogP contribution is -2.35. The number of hydrogen-bond acceptors (Lipinski definition) is 6. The van der Waals surface area contributed by atoms with E-state index in [0.29, 0.717) is 53.9 Å². The van der Waals surface area contributed by atoms with Crippen LogP contribution in [0.2, 0.25) is 5.02 Å². The van der Waals surface area contributed by atoms with Crippen molar-refractivity contribution in [3.8, 4) is 16.9 Å². The molecule has 0 unspecified atom stereocenters. The van der Waals surface area contributed by atoms with Gasteiger partial charge in [-0.25, -0.2) is 9.18 Å². The normalized spacial score (nSPS) is 12.8. The first-order chi connectivity index (χ1) is 20.9. The Hall–Kier alpha value is -4.26. The van der Waals surface area contributed by atoms with E-state index in [-0.39, 0.29) is 35.1 Å². The van der Waals surface area contributed by atoms with Gasteiger partial charge in [0.1, 0.15) is 5.65 Å². The monoisotopic (exact) mass is 624 g/mol. The van der Waals surface area contributed by atoms with Gasteiger partial charge in [0, 0.05) is 42.3 Å². The molecule has 0 bridgehead atoms. The van der Waals surface area contributed by atoms with E-state index < -0.39 is 17.5 Å². The van der Waals surface area contributed by atoms with Gasteiger partial charge < -0.3 is 32.2 Å². The van der Waals surface area contributed by atoms with Crippen molar-refractivity contribution in [1.82, 2.24) is 25.2 Å². The standard InChI is InChI=1S/C31H38ClFN8O3/c1-17(34)4-3-5-19-10-24(28(33)25(32)11-19)26-13-22-16-41(31(44)40-29(22)39-26)23-7-6-20(21(12-23)14-27(42)43)15-38-18(2)8-9-37-30(35)36/h6-7,10-13,16-18,38H,3-5,8-9,14-15,34H2,1-2H3,(H,42,43)(H4,35,36,37)(H,39,40,44)/t17-,18-/m0/s1. The number of nitrogens with zero attached hydrogens (tertiary/aromatic N) is 2. The molecule has 0 aliphatic carbocycles. The third-order valence-corrected chi connectivity index (χ3v) is 7.63. The number of fused-ring (bicyclic) bond motifs is 1. The van der Waals surface area contributed by atoms with E-state index >= 15 is 4.39 Å². The number of halogens is 2. The molecule has 13 heteroatoms. The molecule has 4 aromatic rings. The molecule has 0 radical (unpaired) electrons. The summed E-state index contributed by atoms with van der Waals surface area (Å²) in [6.07, 6.45) is 4.43. The summed E-state index contributed by atoms with van der Waals surface area (Å²) >= 11 is 6.23. The summed E-state index contributed by atoms with van der Waals surface area (Å²) in [5, 5.41) is 23.5. The maximum Gasteiger partial charge on any atom is 0.354 e. The highest BCUT2D eigenvalue weighted by Gasteiger charge is 2.17. The first-order valence-corrected chi connectivity index (χ1v) is 14.8. The van der Waals surface area contributed by atoms with Gasteiger partial charge >= 0.3 is 11.7 Å². The molecular weight excluding hydrogens is 587 g/mol. The first-order valence-electron chi connectivity index (χ1n) is 14.4. The number of H-pyrrole nitrogens is 1. The number of aliphatic carboxylic acids is 1. The topological polar surface area (TPSA) is 188 Å². The second-order valence-corrected chi connectivity index (χ2v) is 11.5. The van der Waals surface area contributed by atoms with Crippen LogP contribution in [0.5, 0.6) is 0 Å². The molecule has 0 amide bonds. The summed E-state index contributed by atoms with van der Waals surface area (Å²) in [5.74, 6) is -1.67. The van der Waals surface area contributed by atoms with Gasteiger partial charge in [0.2, 0.25) is 0 Å². The van der Waals surface area contributed by atoms with Crippen LogP contribution in [0.15, 0.2) is 47.4 Å². The fraction of sp³-hybridized carbons (Fsp3) is 0.355. The molecule has 11 nitrogen and oxygen atoms in total. The van der Waals surface area contributed by atoms with Gasteiger partial charge in [-0.2, -0.15) is 4.98 Å². The number of benzene rings is 2. The zero-order valence-corrected chi connectivity index (χ0v) is 25.5. The highest BCUT2D eigenvalue weighted by molar-refractivity contribution is 6.31. The summed E-state index contributed by atoms with van der Waals surface area (Å²) in [6.45, 7) is 4.87. The zero-order valence-electron chi connectivity index (χ0n) is 24.7. The Bertz CT molecular complexity index is 1720. The predicted octanol–water partition coefficient (Wildman–Crippen LogP) is 3.82. The Kier molecular flexibility index (Phi) is 10.7. The summed E-state index contributed by atoms with van der Waals surface area (Å²) in [7, 11) is 0. The molecule has 0 fully saturated rings. The van der Waals surface area contributed by atoms with Gasteiger partial charge in [0.15, 0.2) is 11.8 Å². The van der Waals surface area contributed by atoms with Gasteiger partial charge in [-0.05, 0) is 86.6 Å².